The number of carbonyl (C=O) groups is 1. The van der Waals surface area contributed by atoms with Crippen molar-refractivity contribution in [1.82, 2.24) is 14.9 Å². The Labute approximate surface area is 156 Å². The minimum atomic E-state index is -4.51. The third-order valence-electron chi connectivity index (χ3n) is 3.82. The molecule has 0 atom stereocenters. The highest BCUT2D eigenvalue weighted by Gasteiger charge is 2.32. The Morgan fingerprint density at radius 3 is 2.70 bits per heavy atom. The van der Waals surface area contributed by atoms with E-state index in [2.05, 4.69) is 15.5 Å². The van der Waals surface area contributed by atoms with Crippen molar-refractivity contribution < 1.29 is 22.7 Å². The number of halogens is 3. The number of nitrogens with zero attached hydrogens (tertiary/aromatic N) is 4. The first-order valence-electron chi connectivity index (χ1n) is 7.96. The number of alkyl halides is 3. The summed E-state index contributed by atoms with van der Waals surface area (Å²) in [6, 6.07) is 3.32. The zero-order chi connectivity index (χ0) is 19.4. The van der Waals surface area contributed by atoms with Crippen LogP contribution < -0.4 is 16.1 Å². The van der Waals surface area contributed by atoms with Crippen LogP contribution in [0.25, 0.3) is 0 Å². The summed E-state index contributed by atoms with van der Waals surface area (Å²) in [6.07, 6.45) is -3.22. The third kappa shape index (κ3) is 4.83. The van der Waals surface area contributed by atoms with Gasteiger partial charge in [-0.3, -0.25) is 4.79 Å². The van der Waals surface area contributed by atoms with Gasteiger partial charge in [-0.15, -0.1) is 10.2 Å². The van der Waals surface area contributed by atoms with Crippen molar-refractivity contribution in [3.63, 3.8) is 0 Å². The summed E-state index contributed by atoms with van der Waals surface area (Å²) in [7, 11) is 0. The molecule has 146 valence electrons. The van der Waals surface area contributed by atoms with Gasteiger partial charge in [-0.05, 0) is 18.2 Å². The molecule has 1 aromatic carbocycles. The molecule has 1 aromatic heterocycles. The van der Waals surface area contributed by atoms with Crippen molar-refractivity contribution in [3.05, 3.63) is 30.1 Å². The zero-order valence-corrected chi connectivity index (χ0v) is 14.9. The van der Waals surface area contributed by atoms with Crippen molar-refractivity contribution in [3.8, 4) is 0 Å². The quantitative estimate of drug-likeness (QED) is 0.579. The van der Waals surface area contributed by atoms with Gasteiger partial charge in [0.05, 0.1) is 35.9 Å². The lowest BCUT2D eigenvalue weighted by atomic mass is 10.1. The van der Waals surface area contributed by atoms with Gasteiger partial charge in [0.2, 0.25) is 11.1 Å². The lowest BCUT2D eigenvalue weighted by molar-refractivity contribution is -0.137. The van der Waals surface area contributed by atoms with Crippen LogP contribution in [-0.4, -0.2) is 52.8 Å². The van der Waals surface area contributed by atoms with Crippen LogP contribution in [0.4, 0.5) is 24.5 Å². The molecule has 3 rings (SSSR count). The molecule has 12 heteroatoms. The summed E-state index contributed by atoms with van der Waals surface area (Å²) in [5, 5.41) is 10.2. The summed E-state index contributed by atoms with van der Waals surface area (Å²) >= 11 is 1.03. The normalized spacial score (nSPS) is 15.0. The van der Waals surface area contributed by atoms with E-state index in [1.54, 1.807) is 0 Å². The molecule has 3 N–H and O–H groups in total. The van der Waals surface area contributed by atoms with Crippen molar-refractivity contribution >= 4 is 29.0 Å². The lowest BCUT2D eigenvalue weighted by Gasteiger charge is -2.31. The molecule has 0 bridgehead atoms. The first-order valence-corrected chi connectivity index (χ1v) is 8.95. The largest absolute Gasteiger partial charge is 0.416 e. The van der Waals surface area contributed by atoms with Gasteiger partial charge in [0, 0.05) is 13.1 Å². The highest BCUT2D eigenvalue weighted by molar-refractivity contribution is 7.99. The van der Waals surface area contributed by atoms with E-state index in [1.807, 2.05) is 4.90 Å². The van der Waals surface area contributed by atoms with Crippen molar-refractivity contribution in [2.45, 2.75) is 11.3 Å². The second-order valence-electron chi connectivity index (χ2n) is 5.69. The van der Waals surface area contributed by atoms with E-state index in [-0.39, 0.29) is 11.4 Å². The molecule has 1 aliphatic heterocycles. The Morgan fingerprint density at radius 2 is 2.07 bits per heavy atom. The number of amides is 1. The average molecular weight is 402 g/mol. The molecule has 2 aromatic rings. The van der Waals surface area contributed by atoms with Crippen LogP contribution in [0.5, 0.6) is 0 Å². The fourth-order valence-electron chi connectivity index (χ4n) is 2.54. The van der Waals surface area contributed by atoms with Crippen molar-refractivity contribution in [2.75, 3.05) is 48.1 Å². The molecule has 8 nitrogen and oxygen atoms in total. The molecular weight excluding hydrogens is 385 g/mol. The van der Waals surface area contributed by atoms with Crippen LogP contribution in [0.15, 0.2) is 29.7 Å². The van der Waals surface area contributed by atoms with Crippen LogP contribution in [-0.2, 0) is 15.7 Å². The number of carbonyl (C=O) groups excluding carboxylic acids is 1. The van der Waals surface area contributed by atoms with E-state index in [0.717, 1.165) is 28.6 Å². The predicted octanol–water partition coefficient (Wildman–Crippen LogP) is 1.58. The Balaban J connectivity index is 1.77. The molecule has 0 unspecified atom stereocenters. The monoisotopic (exact) mass is 402 g/mol. The van der Waals surface area contributed by atoms with Gasteiger partial charge < -0.3 is 20.8 Å². The standard InChI is InChI=1S/C15H17F3N6O2S/c16-15(17,18)10-1-2-12(23-3-5-26-6-4-23)11(7-10)21-13(25)8-27-14-22-20-9-24(14)19/h1-2,7,9H,3-6,8,19H2,(H,21,25). The fourth-order valence-corrected chi connectivity index (χ4v) is 3.18. The topological polar surface area (TPSA) is 98.3 Å². The van der Waals surface area contributed by atoms with Gasteiger partial charge in [-0.1, -0.05) is 11.8 Å². The zero-order valence-electron chi connectivity index (χ0n) is 14.1. The van der Waals surface area contributed by atoms with E-state index in [0.29, 0.717) is 37.1 Å². The van der Waals surface area contributed by atoms with Gasteiger partial charge in [0.1, 0.15) is 6.33 Å². The van der Waals surface area contributed by atoms with Gasteiger partial charge in [0.15, 0.2) is 0 Å². The predicted molar refractivity (Wildman–Crippen MR) is 94.0 cm³/mol. The summed E-state index contributed by atoms with van der Waals surface area (Å²) < 4.78 is 45.7. The maximum Gasteiger partial charge on any atom is 0.416 e. The molecule has 27 heavy (non-hydrogen) atoms. The Hall–Kier alpha value is -2.47. The van der Waals surface area contributed by atoms with Crippen LogP contribution in [0, 0.1) is 0 Å². The summed E-state index contributed by atoms with van der Waals surface area (Å²) in [5.41, 5.74) is -0.206. The van der Waals surface area contributed by atoms with Crippen molar-refractivity contribution in [1.29, 1.82) is 0 Å². The fraction of sp³-hybridized carbons (Fsp3) is 0.400. The number of hydrogen-bond donors (Lipinski definition) is 2. The highest BCUT2D eigenvalue weighted by Crippen LogP contribution is 2.35. The Morgan fingerprint density at radius 1 is 1.33 bits per heavy atom. The van der Waals surface area contributed by atoms with Crippen LogP contribution >= 0.6 is 11.8 Å². The number of nitrogens with one attached hydrogen (secondary N) is 1. The van der Waals surface area contributed by atoms with E-state index in [4.69, 9.17) is 10.6 Å². The number of benzene rings is 1. The number of nitrogen functional groups attached to an aromatic ring is 1. The van der Waals surface area contributed by atoms with E-state index >= 15 is 0 Å². The number of nitrogens with two attached hydrogens (primary N) is 1. The molecule has 1 saturated heterocycles. The average Bonchev–Trinajstić information content (AvgIpc) is 3.05. The lowest BCUT2D eigenvalue weighted by Crippen LogP contribution is -2.37. The molecule has 0 aliphatic carbocycles. The molecule has 1 amide bonds. The molecule has 0 spiro atoms. The van der Waals surface area contributed by atoms with E-state index in [9.17, 15) is 18.0 Å². The van der Waals surface area contributed by atoms with Crippen LogP contribution in [0.2, 0.25) is 0 Å². The molecular formula is C15H17F3N6O2S. The molecule has 1 aliphatic rings. The Kier molecular flexibility index (Phi) is 5.75. The summed E-state index contributed by atoms with van der Waals surface area (Å²) in [4.78, 5) is 14.1. The molecule has 0 radical (unpaired) electrons. The second-order valence-corrected chi connectivity index (χ2v) is 6.63. The molecule has 2 heterocycles. The Bertz CT molecular complexity index is 807. The van der Waals surface area contributed by atoms with Crippen LogP contribution in [0.3, 0.4) is 0 Å². The smallest absolute Gasteiger partial charge is 0.378 e. The summed E-state index contributed by atoms with van der Waals surface area (Å²) in [6.45, 7) is 1.99. The van der Waals surface area contributed by atoms with Gasteiger partial charge in [-0.2, -0.15) is 13.2 Å². The van der Waals surface area contributed by atoms with Gasteiger partial charge >= 0.3 is 6.18 Å². The number of rotatable bonds is 5. The number of anilines is 2. The molecule has 1 fully saturated rings. The first-order chi connectivity index (χ1) is 12.8. The van der Waals surface area contributed by atoms with Crippen molar-refractivity contribution in [2.24, 2.45) is 0 Å². The number of hydrogen-bond acceptors (Lipinski definition) is 7. The van der Waals surface area contributed by atoms with Crippen LogP contribution in [0.1, 0.15) is 5.56 Å². The van der Waals surface area contributed by atoms with E-state index in [1.165, 1.54) is 12.4 Å². The van der Waals surface area contributed by atoms with E-state index < -0.39 is 17.6 Å². The number of thioether (sulfide) groups is 1. The van der Waals surface area contributed by atoms with Gasteiger partial charge in [-0.25, -0.2) is 4.68 Å². The minimum Gasteiger partial charge on any atom is -0.378 e. The highest BCUT2D eigenvalue weighted by atomic mass is 32.2. The van der Waals surface area contributed by atoms with Gasteiger partial charge in [0.25, 0.3) is 0 Å². The molecule has 0 saturated carbocycles. The number of aromatic nitrogens is 3. The number of ether oxygens (including phenoxy) is 1. The first kappa shape index (κ1) is 19.3. The maximum atomic E-state index is 13.1. The maximum absolute atomic E-state index is 13.1. The minimum absolute atomic E-state index is 0.0747. The second kappa shape index (κ2) is 8.05. The SMILES string of the molecule is Nn1cnnc1SCC(=O)Nc1cc(C(F)(F)F)ccc1N1CCOCC1. The number of morpholine rings is 1. The summed E-state index contributed by atoms with van der Waals surface area (Å²) in [5.74, 6) is 5.01. The third-order valence-corrected chi connectivity index (χ3v) is 4.78.